The summed E-state index contributed by atoms with van der Waals surface area (Å²) >= 11 is 7.30. The standard InChI is InChI=1S/C15H21BrN2S2/c1-5-7-17-14(13-8-11(16)9(3)19-13)15-18-12(6-2)10(4)20-15/h8,14,17H,5-7H2,1-4H3. The number of hydrogen-bond donors (Lipinski definition) is 1. The fourth-order valence-corrected chi connectivity index (χ4v) is 4.94. The molecule has 0 radical (unpaired) electrons. The monoisotopic (exact) mass is 372 g/mol. The van der Waals surface area contributed by atoms with Crippen LogP contribution in [0, 0.1) is 13.8 Å². The van der Waals surface area contributed by atoms with Gasteiger partial charge >= 0.3 is 0 Å². The lowest BCUT2D eigenvalue weighted by atomic mass is 10.2. The molecule has 1 unspecified atom stereocenters. The molecule has 5 heteroatoms. The largest absolute Gasteiger partial charge is 0.304 e. The Balaban J connectivity index is 2.35. The van der Waals surface area contributed by atoms with Crippen molar-refractivity contribution in [1.82, 2.24) is 10.3 Å². The van der Waals surface area contributed by atoms with Gasteiger partial charge in [-0.3, -0.25) is 0 Å². The van der Waals surface area contributed by atoms with Crippen LogP contribution in [0.5, 0.6) is 0 Å². The first-order valence-corrected chi connectivity index (χ1v) is 9.44. The van der Waals surface area contributed by atoms with Gasteiger partial charge in [-0.05, 0) is 55.2 Å². The molecule has 0 aliphatic rings. The van der Waals surface area contributed by atoms with Crippen LogP contribution in [-0.2, 0) is 6.42 Å². The fraction of sp³-hybridized carbons (Fsp3) is 0.533. The highest BCUT2D eigenvalue weighted by molar-refractivity contribution is 9.10. The Bertz CT molecular complexity index is 555. The summed E-state index contributed by atoms with van der Waals surface area (Å²) in [7, 11) is 0. The molecule has 2 heterocycles. The second-order valence-corrected chi connectivity index (χ2v) is 8.23. The summed E-state index contributed by atoms with van der Waals surface area (Å²) in [6, 6.07) is 2.46. The summed E-state index contributed by atoms with van der Waals surface area (Å²) in [5.74, 6) is 0. The van der Waals surface area contributed by atoms with E-state index in [9.17, 15) is 0 Å². The molecule has 1 atom stereocenters. The first kappa shape index (κ1) is 16.1. The zero-order valence-corrected chi connectivity index (χ0v) is 15.6. The smallest absolute Gasteiger partial charge is 0.115 e. The van der Waals surface area contributed by atoms with Crippen molar-refractivity contribution in [1.29, 1.82) is 0 Å². The molecule has 2 aromatic rings. The summed E-state index contributed by atoms with van der Waals surface area (Å²) in [6.07, 6.45) is 2.14. The lowest BCUT2D eigenvalue weighted by molar-refractivity contribution is 0.601. The van der Waals surface area contributed by atoms with E-state index in [0.717, 1.165) is 19.4 Å². The van der Waals surface area contributed by atoms with Gasteiger partial charge in [0.2, 0.25) is 0 Å². The number of thiophene rings is 1. The normalized spacial score (nSPS) is 12.8. The summed E-state index contributed by atoms with van der Waals surface area (Å²) in [5.41, 5.74) is 1.24. The molecule has 0 amide bonds. The minimum absolute atomic E-state index is 0.231. The number of thiazole rings is 1. The molecule has 2 rings (SSSR count). The first-order valence-electron chi connectivity index (χ1n) is 7.02. The van der Waals surface area contributed by atoms with Crippen molar-refractivity contribution in [2.75, 3.05) is 6.54 Å². The van der Waals surface area contributed by atoms with Gasteiger partial charge in [0, 0.05) is 19.1 Å². The van der Waals surface area contributed by atoms with E-state index in [2.05, 4.69) is 55.0 Å². The molecule has 0 saturated carbocycles. The van der Waals surface area contributed by atoms with Gasteiger partial charge in [-0.25, -0.2) is 4.98 Å². The van der Waals surface area contributed by atoms with E-state index in [1.165, 1.54) is 29.8 Å². The first-order chi connectivity index (χ1) is 9.56. The van der Waals surface area contributed by atoms with Crippen molar-refractivity contribution < 1.29 is 0 Å². The van der Waals surface area contributed by atoms with Crippen LogP contribution in [-0.4, -0.2) is 11.5 Å². The average Bonchev–Trinajstić information content (AvgIpc) is 2.94. The maximum atomic E-state index is 4.84. The highest BCUT2D eigenvalue weighted by atomic mass is 79.9. The predicted octanol–water partition coefficient (Wildman–Crippen LogP) is 5.24. The SMILES string of the molecule is CCCNC(c1cc(Br)c(C)s1)c1nc(CC)c(C)s1. The Morgan fingerprint density at radius 1 is 1.25 bits per heavy atom. The molecule has 0 spiro atoms. The molecule has 2 aromatic heterocycles. The van der Waals surface area contributed by atoms with Crippen LogP contribution < -0.4 is 5.32 Å². The zero-order valence-electron chi connectivity index (χ0n) is 12.4. The van der Waals surface area contributed by atoms with Gasteiger partial charge in [-0.15, -0.1) is 22.7 Å². The number of aryl methyl sites for hydroxylation is 3. The topological polar surface area (TPSA) is 24.9 Å². The Morgan fingerprint density at radius 2 is 2.00 bits per heavy atom. The zero-order chi connectivity index (χ0) is 14.7. The second kappa shape index (κ2) is 7.16. The number of hydrogen-bond acceptors (Lipinski definition) is 4. The van der Waals surface area contributed by atoms with Gasteiger partial charge < -0.3 is 5.32 Å². The Hall–Kier alpha value is -0.230. The van der Waals surface area contributed by atoms with E-state index in [-0.39, 0.29) is 6.04 Å². The van der Waals surface area contributed by atoms with Gasteiger partial charge in [0.15, 0.2) is 0 Å². The van der Waals surface area contributed by atoms with Crippen LogP contribution in [0.3, 0.4) is 0 Å². The number of rotatable bonds is 6. The third kappa shape index (κ3) is 3.50. The molecule has 0 aliphatic carbocycles. The molecule has 20 heavy (non-hydrogen) atoms. The van der Waals surface area contributed by atoms with Crippen molar-refractivity contribution in [2.24, 2.45) is 0 Å². The third-order valence-electron chi connectivity index (χ3n) is 3.25. The maximum Gasteiger partial charge on any atom is 0.115 e. The molecule has 0 fully saturated rings. The van der Waals surface area contributed by atoms with Crippen molar-refractivity contribution in [3.63, 3.8) is 0 Å². The van der Waals surface area contributed by atoms with E-state index in [1.54, 1.807) is 0 Å². The van der Waals surface area contributed by atoms with Crippen LogP contribution in [0.25, 0.3) is 0 Å². The molecule has 0 saturated heterocycles. The number of nitrogens with one attached hydrogen (secondary N) is 1. The number of nitrogens with zero attached hydrogens (tertiary/aromatic N) is 1. The summed E-state index contributed by atoms with van der Waals surface area (Å²) < 4.78 is 1.20. The maximum absolute atomic E-state index is 4.84. The third-order valence-corrected chi connectivity index (χ3v) is 6.53. The van der Waals surface area contributed by atoms with Gasteiger partial charge in [-0.2, -0.15) is 0 Å². The van der Waals surface area contributed by atoms with E-state index >= 15 is 0 Å². The highest BCUT2D eigenvalue weighted by Gasteiger charge is 2.21. The van der Waals surface area contributed by atoms with Crippen molar-refractivity contribution in [3.05, 3.63) is 35.9 Å². The summed E-state index contributed by atoms with van der Waals surface area (Å²) in [6.45, 7) is 9.71. The molecule has 110 valence electrons. The van der Waals surface area contributed by atoms with Gasteiger partial charge in [0.25, 0.3) is 0 Å². The van der Waals surface area contributed by atoms with Crippen LogP contribution in [0.4, 0.5) is 0 Å². The van der Waals surface area contributed by atoms with Gasteiger partial charge in [-0.1, -0.05) is 13.8 Å². The second-order valence-electron chi connectivity index (χ2n) is 4.85. The van der Waals surface area contributed by atoms with Crippen LogP contribution >= 0.6 is 38.6 Å². The van der Waals surface area contributed by atoms with Crippen LogP contribution in [0.2, 0.25) is 0 Å². The van der Waals surface area contributed by atoms with E-state index < -0.39 is 0 Å². The minimum Gasteiger partial charge on any atom is -0.304 e. The molecule has 0 aromatic carbocycles. The van der Waals surface area contributed by atoms with Gasteiger partial charge in [0.1, 0.15) is 5.01 Å². The van der Waals surface area contributed by atoms with Crippen molar-refractivity contribution in [2.45, 2.75) is 46.6 Å². The lowest BCUT2D eigenvalue weighted by Gasteiger charge is -2.14. The van der Waals surface area contributed by atoms with Crippen molar-refractivity contribution in [3.8, 4) is 0 Å². The van der Waals surface area contributed by atoms with Crippen molar-refractivity contribution >= 4 is 38.6 Å². The number of halogens is 1. The van der Waals surface area contributed by atoms with Crippen LogP contribution in [0.1, 0.15) is 51.6 Å². The van der Waals surface area contributed by atoms with Crippen LogP contribution in [0.15, 0.2) is 10.5 Å². The Morgan fingerprint density at radius 3 is 2.50 bits per heavy atom. The van der Waals surface area contributed by atoms with E-state index in [1.807, 2.05) is 22.7 Å². The van der Waals surface area contributed by atoms with Gasteiger partial charge in [0.05, 0.1) is 11.7 Å². The molecule has 0 aliphatic heterocycles. The Kier molecular flexibility index (Phi) is 5.78. The quantitative estimate of drug-likeness (QED) is 0.749. The van der Waals surface area contributed by atoms with E-state index in [4.69, 9.17) is 4.98 Å². The minimum atomic E-state index is 0.231. The summed E-state index contributed by atoms with van der Waals surface area (Å²) in [5, 5.41) is 4.84. The molecular weight excluding hydrogens is 352 g/mol. The predicted molar refractivity (Wildman–Crippen MR) is 93.1 cm³/mol. The molecule has 0 bridgehead atoms. The molecule has 2 nitrogen and oxygen atoms in total. The average molecular weight is 373 g/mol. The highest BCUT2D eigenvalue weighted by Crippen LogP contribution is 2.35. The lowest BCUT2D eigenvalue weighted by Crippen LogP contribution is -2.22. The fourth-order valence-electron chi connectivity index (χ4n) is 2.12. The number of aromatic nitrogens is 1. The summed E-state index contributed by atoms with van der Waals surface area (Å²) in [4.78, 5) is 8.86. The van der Waals surface area contributed by atoms with E-state index in [0.29, 0.717) is 0 Å². The molecular formula is C15H21BrN2S2. The molecule has 1 N–H and O–H groups in total. The Labute approximate surface area is 137 Å².